The molecule has 18 atom stereocenters. The summed E-state index contributed by atoms with van der Waals surface area (Å²) < 4.78 is 46.8. The topological polar surface area (TPSA) is 84.8 Å². The van der Waals surface area contributed by atoms with Crippen molar-refractivity contribution in [2.75, 3.05) is 6.61 Å². The van der Waals surface area contributed by atoms with Gasteiger partial charge in [0.2, 0.25) is 0 Å². The second-order valence-electron chi connectivity index (χ2n) is 17.4. The van der Waals surface area contributed by atoms with Gasteiger partial charge in [0.1, 0.15) is 18.3 Å². The summed E-state index contributed by atoms with van der Waals surface area (Å²) in [4.78, 5) is 0. The molecular formula is C42H66O8. The molecule has 0 aromatic rings. The van der Waals surface area contributed by atoms with Crippen molar-refractivity contribution in [3.8, 4) is 0 Å². The van der Waals surface area contributed by atoms with Gasteiger partial charge >= 0.3 is 0 Å². The third kappa shape index (κ3) is 7.23. The molecule has 50 heavy (non-hydrogen) atoms. The molecule has 0 radical (unpaired) electrons. The van der Waals surface area contributed by atoms with E-state index in [4.69, 9.17) is 33.2 Å². The zero-order valence-electron chi connectivity index (χ0n) is 31.5. The van der Waals surface area contributed by atoms with Gasteiger partial charge in [0.25, 0.3) is 0 Å². The van der Waals surface area contributed by atoms with Crippen molar-refractivity contribution in [1.82, 2.24) is 0 Å². The zero-order valence-corrected chi connectivity index (χ0v) is 31.5. The van der Waals surface area contributed by atoms with Gasteiger partial charge in [-0.25, -0.2) is 0 Å². The highest BCUT2D eigenvalue weighted by molar-refractivity contribution is 5.14. The van der Waals surface area contributed by atoms with Crippen LogP contribution in [0.2, 0.25) is 0 Å². The largest absolute Gasteiger partial charge is 0.396 e. The van der Waals surface area contributed by atoms with Crippen molar-refractivity contribution >= 4 is 0 Å². The summed E-state index contributed by atoms with van der Waals surface area (Å²) in [6, 6.07) is 0. The predicted molar refractivity (Wildman–Crippen MR) is 193 cm³/mol. The molecule has 282 valence electrons. The summed E-state index contributed by atoms with van der Waals surface area (Å²) in [7, 11) is 0. The third-order valence-electron chi connectivity index (χ3n) is 14.0. The van der Waals surface area contributed by atoms with Crippen molar-refractivity contribution in [3.05, 3.63) is 37.0 Å². The first-order valence-electron chi connectivity index (χ1n) is 20.2. The van der Waals surface area contributed by atoms with Crippen LogP contribution in [0.25, 0.3) is 0 Å². The molecule has 1 N–H and O–H groups in total. The third-order valence-corrected chi connectivity index (χ3v) is 14.0. The van der Waals surface area contributed by atoms with Gasteiger partial charge in [-0.15, -0.1) is 6.58 Å². The number of rotatable bonds is 15. The van der Waals surface area contributed by atoms with Gasteiger partial charge in [-0.2, -0.15) is 0 Å². The Labute approximate surface area is 301 Å². The van der Waals surface area contributed by atoms with Crippen molar-refractivity contribution in [2.45, 2.75) is 191 Å². The molecule has 0 amide bonds. The van der Waals surface area contributed by atoms with E-state index >= 15 is 0 Å². The van der Waals surface area contributed by atoms with Crippen LogP contribution in [0.4, 0.5) is 0 Å². The number of hydrogen-bond donors (Lipinski definition) is 1. The van der Waals surface area contributed by atoms with Crippen LogP contribution in [0.3, 0.4) is 0 Å². The lowest BCUT2D eigenvalue weighted by molar-refractivity contribution is -0.262. The fourth-order valence-corrected chi connectivity index (χ4v) is 10.6. The summed E-state index contributed by atoms with van der Waals surface area (Å²) in [6.45, 7) is 24.5. The van der Waals surface area contributed by atoms with Gasteiger partial charge in [0, 0.05) is 31.8 Å². The maximum atomic E-state index is 9.90. The molecule has 8 rings (SSSR count). The zero-order chi connectivity index (χ0) is 35.3. The maximum absolute atomic E-state index is 9.90. The van der Waals surface area contributed by atoms with E-state index in [1.807, 2.05) is 6.08 Å². The molecule has 8 heteroatoms. The fourth-order valence-electron chi connectivity index (χ4n) is 10.6. The van der Waals surface area contributed by atoms with E-state index in [9.17, 15) is 5.11 Å². The van der Waals surface area contributed by atoms with Crippen LogP contribution in [0.15, 0.2) is 37.0 Å². The quantitative estimate of drug-likeness (QED) is 0.177. The minimum atomic E-state index is -0.637. The van der Waals surface area contributed by atoms with Crippen molar-refractivity contribution in [1.29, 1.82) is 0 Å². The van der Waals surface area contributed by atoms with Gasteiger partial charge in [0.15, 0.2) is 5.79 Å². The number of hydrogen-bond acceptors (Lipinski definition) is 8. The summed E-state index contributed by atoms with van der Waals surface area (Å²) in [5.74, 6) is 1.39. The predicted octanol–water partition coefficient (Wildman–Crippen LogP) is 7.47. The molecule has 0 spiro atoms. The average molecular weight is 699 g/mol. The van der Waals surface area contributed by atoms with E-state index in [2.05, 4.69) is 54.4 Å². The van der Waals surface area contributed by atoms with E-state index < -0.39 is 5.79 Å². The maximum Gasteiger partial charge on any atom is 0.172 e. The second-order valence-corrected chi connectivity index (χ2v) is 17.4. The van der Waals surface area contributed by atoms with Crippen LogP contribution in [-0.4, -0.2) is 90.7 Å². The Morgan fingerprint density at radius 3 is 2.36 bits per heavy atom. The van der Waals surface area contributed by atoms with E-state index in [0.29, 0.717) is 23.7 Å². The highest BCUT2D eigenvalue weighted by Gasteiger charge is 2.67. The van der Waals surface area contributed by atoms with Crippen LogP contribution in [0.5, 0.6) is 0 Å². The highest BCUT2D eigenvalue weighted by Crippen LogP contribution is 2.54. The van der Waals surface area contributed by atoms with E-state index in [-0.39, 0.29) is 85.8 Å². The van der Waals surface area contributed by atoms with E-state index in [1.165, 1.54) is 11.1 Å². The summed E-state index contributed by atoms with van der Waals surface area (Å²) in [5, 5.41) is 9.90. The van der Waals surface area contributed by atoms with Crippen LogP contribution in [-0.2, 0) is 33.2 Å². The number of aliphatic hydroxyl groups excluding tert-OH is 1. The van der Waals surface area contributed by atoms with Gasteiger partial charge in [0.05, 0.1) is 54.9 Å². The first-order chi connectivity index (χ1) is 24.0. The van der Waals surface area contributed by atoms with Crippen LogP contribution in [0, 0.1) is 29.6 Å². The minimum absolute atomic E-state index is 0.0197. The van der Waals surface area contributed by atoms with Gasteiger partial charge in [-0.3, -0.25) is 0 Å². The normalized spacial score (nSPS) is 48.8. The van der Waals surface area contributed by atoms with Crippen molar-refractivity contribution in [3.63, 3.8) is 0 Å². The monoisotopic (exact) mass is 698 g/mol. The molecule has 6 bridgehead atoms. The van der Waals surface area contributed by atoms with Crippen LogP contribution >= 0.6 is 0 Å². The average Bonchev–Trinajstić information content (AvgIpc) is 3.75. The Morgan fingerprint density at radius 2 is 1.60 bits per heavy atom. The molecule has 8 saturated heterocycles. The molecule has 0 aliphatic carbocycles. The van der Waals surface area contributed by atoms with Gasteiger partial charge in [-0.1, -0.05) is 60.3 Å². The lowest BCUT2D eigenvalue weighted by Gasteiger charge is -2.42. The molecule has 0 aromatic carbocycles. The SMILES string of the molecule is C=CC[C@@H]1O[C@@H]2C3O[C@@H]4C[C@](CC[C@H]5CC(=C)[C@H](CCC6C[C@@H](C)C(=C)[C@@H](C[C@@H]7O[C@H](C[C@H](C)CC)[C@H](C)[C@H]7CCO)O6)O5)(O[C@H]3C1C)O[C@H]24. The summed E-state index contributed by atoms with van der Waals surface area (Å²) in [6.07, 6.45) is 13.3. The Hall–Kier alpha value is -1.10. The van der Waals surface area contributed by atoms with E-state index in [0.717, 1.165) is 77.0 Å². The lowest BCUT2D eigenvalue weighted by Crippen LogP contribution is -2.54. The smallest absolute Gasteiger partial charge is 0.172 e. The number of aliphatic hydroxyl groups is 1. The van der Waals surface area contributed by atoms with Crippen molar-refractivity contribution in [2.24, 2.45) is 29.6 Å². The summed E-state index contributed by atoms with van der Waals surface area (Å²) in [5.41, 5.74) is 2.38. The first kappa shape index (κ1) is 37.2. The van der Waals surface area contributed by atoms with Gasteiger partial charge < -0.3 is 38.3 Å². The second kappa shape index (κ2) is 15.3. The molecule has 8 heterocycles. The fraction of sp³-hybridized carbons (Fsp3) is 0.857. The Balaban J connectivity index is 0.911. The molecule has 0 saturated carbocycles. The van der Waals surface area contributed by atoms with Crippen molar-refractivity contribution < 1.29 is 38.3 Å². The standard InChI is InChI=1S/C42H66O8/c1-9-11-33-28(8)38-40-41(47-33)39-37(48-40)22-42(49-38,50-39)16-14-30-20-25(5)32(44-30)13-12-29-19-24(4)26(6)35(45-29)21-36-31(15-17-43)27(7)34(46-36)18-23(3)10-2/h9,23-24,27-41,43H,1,5-6,10-22H2,2-4,7-8H3/t23-,24-,27-,28?,29?,30+,31-,32+,33+,34-,35-,36+,37-,38+,39+,40?,41+,42-/m1/s1. The molecule has 0 aromatic heterocycles. The Kier molecular flexibility index (Phi) is 11.4. The molecule has 8 aliphatic heterocycles. The van der Waals surface area contributed by atoms with Crippen LogP contribution < -0.4 is 0 Å². The molecule has 8 fully saturated rings. The molecule has 3 unspecified atom stereocenters. The molecular weight excluding hydrogens is 632 g/mol. The van der Waals surface area contributed by atoms with Gasteiger partial charge in [-0.05, 0) is 86.2 Å². The molecule has 8 nitrogen and oxygen atoms in total. The Morgan fingerprint density at radius 1 is 0.840 bits per heavy atom. The number of ether oxygens (including phenoxy) is 7. The van der Waals surface area contributed by atoms with E-state index in [1.54, 1.807) is 0 Å². The lowest BCUT2D eigenvalue weighted by atomic mass is 9.79. The molecule has 8 aliphatic rings. The first-order valence-corrected chi connectivity index (χ1v) is 20.2. The Bertz CT molecular complexity index is 1220. The minimum Gasteiger partial charge on any atom is -0.396 e. The highest BCUT2D eigenvalue weighted by atomic mass is 16.8. The summed E-state index contributed by atoms with van der Waals surface area (Å²) >= 11 is 0. The van der Waals surface area contributed by atoms with Crippen LogP contribution in [0.1, 0.15) is 112 Å².